The summed E-state index contributed by atoms with van der Waals surface area (Å²) in [4.78, 5) is 18.9. The number of halogens is 5. The topological polar surface area (TPSA) is 101 Å². The molecule has 2 amide bonds. The third kappa shape index (κ3) is 5.19. The van der Waals surface area contributed by atoms with E-state index in [0.29, 0.717) is 17.3 Å². The normalized spacial score (nSPS) is 11.9. The Morgan fingerprint density at radius 2 is 1.70 bits per heavy atom. The van der Waals surface area contributed by atoms with E-state index < -0.39 is 32.7 Å². The predicted molar refractivity (Wildman–Crippen MR) is 106 cm³/mol. The van der Waals surface area contributed by atoms with Crippen LogP contribution in [0.3, 0.4) is 0 Å². The highest BCUT2D eigenvalue weighted by molar-refractivity contribution is 7.90. The van der Waals surface area contributed by atoms with Crippen LogP contribution in [-0.2, 0) is 16.2 Å². The van der Waals surface area contributed by atoms with Crippen molar-refractivity contribution in [2.24, 2.45) is 0 Å². The lowest BCUT2D eigenvalue weighted by Crippen LogP contribution is -2.35. The van der Waals surface area contributed by atoms with Gasteiger partial charge >= 0.3 is 12.2 Å². The first-order chi connectivity index (χ1) is 14.0. The summed E-state index contributed by atoms with van der Waals surface area (Å²) < 4.78 is 65.3. The Kier molecular flexibility index (Phi) is 6.22. The summed E-state index contributed by atoms with van der Waals surface area (Å²) in [6.07, 6.45) is -4.92. The number of carbonyl (C=O) groups excluding carboxylic acids is 1. The quantitative estimate of drug-likeness (QED) is 0.492. The Morgan fingerprint density at radius 1 is 1.07 bits per heavy atom. The van der Waals surface area contributed by atoms with Crippen molar-refractivity contribution in [3.8, 4) is 11.3 Å². The molecule has 3 aromatic rings. The number of aromatic nitrogens is 2. The number of anilines is 1. The zero-order chi connectivity index (χ0) is 22.1. The van der Waals surface area contributed by atoms with Gasteiger partial charge in [0.15, 0.2) is 5.13 Å². The number of thiazole rings is 1. The molecule has 0 fully saturated rings. The van der Waals surface area contributed by atoms with E-state index in [-0.39, 0.29) is 15.4 Å². The van der Waals surface area contributed by atoms with Crippen molar-refractivity contribution >= 4 is 55.7 Å². The van der Waals surface area contributed by atoms with Gasteiger partial charge in [-0.2, -0.15) is 13.2 Å². The Labute approximate surface area is 181 Å². The highest BCUT2D eigenvalue weighted by Gasteiger charge is 2.37. The van der Waals surface area contributed by atoms with Crippen LogP contribution in [0.2, 0.25) is 10.3 Å². The average molecular weight is 497 g/mol. The third-order valence-corrected chi connectivity index (χ3v) is 6.03. The number of rotatable bonds is 4. The minimum absolute atomic E-state index is 0.00846. The van der Waals surface area contributed by atoms with Crippen molar-refractivity contribution in [3.63, 3.8) is 0 Å². The number of nitrogens with one attached hydrogen (secondary N) is 2. The molecule has 2 heterocycles. The molecule has 158 valence electrons. The van der Waals surface area contributed by atoms with E-state index in [4.69, 9.17) is 23.2 Å². The van der Waals surface area contributed by atoms with E-state index in [1.807, 2.05) is 0 Å². The maximum absolute atomic E-state index is 13.1. The Hall–Kier alpha value is -2.41. The number of benzene rings is 1. The summed E-state index contributed by atoms with van der Waals surface area (Å²) in [7, 11) is -4.80. The van der Waals surface area contributed by atoms with Crippen LogP contribution in [0, 0.1) is 0 Å². The molecule has 0 aliphatic carbocycles. The second-order valence-corrected chi connectivity index (χ2v) is 8.88. The van der Waals surface area contributed by atoms with Gasteiger partial charge in [0.1, 0.15) is 10.3 Å². The number of hydrogen-bond acceptors (Lipinski definition) is 6. The Morgan fingerprint density at radius 3 is 2.33 bits per heavy atom. The molecule has 0 atom stereocenters. The average Bonchev–Trinajstić information content (AvgIpc) is 3.08. The number of alkyl halides is 3. The van der Waals surface area contributed by atoms with Crippen LogP contribution < -0.4 is 10.0 Å². The molecule has 2 aromatic heterocycles. The fourth-order valence-electron chi connectivity index (χ4n) is 2.31. The lowest BCUT2D eigenvalue weighted by molar-refractivity contribution is -0.139. The van der Waals surface area contributed by atoms with Gasteiger partial charge in [-0.05, 0) is 24.3 Å². The van der Waals surface area contributed by atoms with Crippen LogP contribution in [0.15, 0.2) is 46.7 Å². The van der Waals surface area contributed by atoms with Gasteiger partial charge in [-0.1, -0.05) is 35.3 Å². The molecule has 0 radical (unpaired) electrons. The number of sulfonamides is 1. The summed E-state index contributed by atoms with van der Waals surface area (Å²) >= 11 is 12.6. The third-order valence-electron chi connectivity index (χ3n) is 3.49. The summed E-state index contributed by atoms with van der Waals surface area (Å²) in [6.45, 7) is 0. The molecule has 3 rings (SSSR count). The fraction of sp³-hybridized carbons (Fsp3) is 0.0625. The minimum Gasteiger partial charge on any atom is -0.283 e. The van der Waals surface area contributed by atoms with Gasteiger partial charge in [0.05, 0.1) is 16.2 Å². The summed E-state index contributed by atoms with van der Waals surface area (Å²) in [6, 6.07) is 5.17. The van der Waals surface area contributed by atoms with Crippen molar-refractivity contribution in [2.75, 3.05) is 5.32 Å². The van der Waals surface area contributed by atoms with E-state index >= 15 is 0 Å². The molecule has 0 aliphatic heterocycles. The molecular formula is C16H9Cl2F3N4O3S2. The highest BCUT2D eigenvalue weighted by Crippen LogP contribution is 2.34. The summed E-state index contributed by atoms with van der Waals surface area (Å²) in [5.74, 6) is 0. The number of hydrogen-bond donors (Lipinski definition) is 2. The lowest BCUT2D eigenvalue weighted by Gasteiger charge is -2.13. The highest BCUT2D eigenvalue weighted by atomic mass is 35.5. The second-order valence-electron chi connectivity index (χ2n) is 5.59. The minimum atomic E-state index is -4.92. The smallest absolute Gasteiger partial charge is 0.283 e. The van der Waals surface area contributed by atoms with Gasteiger partial charge in [0.25, 0.3) is 10.0 Å². The fourth-order valence-corrected chi connectivity index (χ4v) is 4.62. The Bertz CT molecular complexity index is 1200. The summed E-state index contributed by atoms with van der Waals surface area (Å²) in [5.41, 5.74) is -0.531. The zero-order valence-electron chi connectivity index (χ0n) is 14.4. The number of carbonyl (C=O) groups is 1. The van der Waals surface area contributed by atoms with E-state index in [1.54, 1.807) is 0 Å². The van der Waals surface area contributed by atoms with Crippen LogP contribution in [0.1, 0.15) is 5.56 Å². The van der Waals surface area contributed by atoms with Crippen molar-refractivity contribution in [2.45, 2.75) is 11.1 Å². The van der Waals surface area contributed by atoms with Crippen LogP contribution in [0.25, 0.3) is 11.3 Å². The molecule has 0 saturated carbocycles. The number of nitrogens with zero attached hydrogens (tertiary/aromatic N) is 2. The van der Waals surface area contributed by atoms with Crippen LogP contribution in [0.5, 0.6) is 0 Å². The predicted octanol–water partition coefficient (Wildman–Crippen LogP) is 5.04. The van der Waals surface area contributed by atoms with Crippen molar-refractivity contribution < 1.29 is 26.4 Å². The maximum Gasteiger partial charge on any atom is 0.417 e. The van der Waals surface area contributed by atoms with Crippen LogP contribution in [0.4, 0.5) is 23.1 Å². The van der Waals surface area contributed by atoms with E-state index in [0.717, 1.165) is 29.5 Å². The first-order valence-corrected chi connectivity index (χ1v) is 10.9. The monoisotopic (exact) mass is 496 g/mol. The van der Waals surface area contributed by atoms with Crippen molar-refractivity contribution in [3.05, 3.63) is 57.6 Å². The first-order valence-electron chi connectivity index (χ1n) is 7.75. The first kappa shape index (κ1) is 22.3. The van der Waals surface area contributed by atoms with E-state index in [9.17, 15) is 26.4 Å². The molecule has 1 aromatic carbocycles. The summed E-state index contributed by atoms with van der Waals surface area (Å²) in [5, 5.41) is 3.92. The number of amides is 2. The SMILES string of the molecule is O=C(Nc1nc(-c2cc(Cl)nc(Cl)c2)cs1)NS(=O)(=O)c1ccccc1C(F)(F)F. The van der Waals surface area contributed by atoms with Gasteiger partial charge in [0.2, 0.25) is 0 Å². The largest absolute Gasteiger partial charge is 0.417 e. The van der Waals surface area contributed by atoms with Gasteiger partial charge in [0, 0.05) is 10.9 Å². The van der Waals surface area contributed by atoms with E-state index in [2.05, 4.69) is 15.3 Å². The van der Waals surface area contributed by atoms with Gasteiger partial charge < -0.3 is 0 Å². The molecule has 14 heteroatoms. The second kappa shape index (κ2) is 8.38. The molecular weight excluding hydrogens is 488 g/mol. The van der Waals surface area contributed by atoms with E-state index in [1.165, 1.54) is 22.2 Å². The Balaban J connectivity index is 1.77. The molecule has 7 nitrogen and oxygen atoms in total. The maximum atomic E-state index is 13.1. The molecule has 2 N–H and O–H groups in total. The van der Waals surface area contributed by atoms with Gasteiger partial charge in [-0.15, -0.1) is 11.3 Å². The van der Waals surface area contributed by atoms with Crippen LogP contribution in [-0.4, -0.2) is 24.4 Å². The molecule has 0 unspecified atom stereocenters. The number of pyridine rings is 1. The molecule has 0 aliphatic rings. The number of urea groups is 1. The molecule has 0 spiro atoms. The molecule has 0 saturated heterocycles. The van der Waals surface area contributed by atoms with Gasteiger partial charge in [-0.25, -0.2) is 27.9 Å². The zero-order valence-corrected chi connectivity index (χ0v) is 17.5. The van der Waals surface area contributed by atoms with Gasteiger partial charge in [-0.3, -0.25) is 5.32 Å². The molecule has 0 bridgehead atoms. The molecule has 30 heavy (non-hydrogen) atoms. The standard InChI is InChI=1S/C16H9Cl2F3N4O3S2/c17-12-5-8(6-13(18)23-12)10-7-29-15(22-10)24-14(26)25-30(27,28)11-4-2-1-3-9(11)16(19,20)21/h1-7H,(H2,22,24,25,26). The van der Waals surface area contributed by atoms with Crippen LogP contribution >= 0.6 is 34.5 Å². The van der Waals surface area contributed by atoms with Crippen molar-refractivity contribution in [1.82, 2.24) is 14.7 Å². The lowest BCUT2D eigenvalue weighted by atomic mass is 10.2. The van der Waals surface area contributed by atoms with Crippen molar-refractivity contribution in [1.29, 1.82) is 0 Å².